The van der Waals surface area contributed by atoms with Gasteiger partial charge in [-0.25, -0.2) is 0 Å². The molecule has 0 saturated heterocycles. The van der Waals surface area contributed by atoms with E-state index in [2.05, 4.69) is 10.3 Å². The summed E-state index contributed by atoms with van der Waals surface area (Å²) in [5.74, 6) is -1.92. The zero-order valence-corrected chi connectivity index (χ0v) is 12.2. The van der Waals surface area contributed by atoms with E-state index in [0.717, 1.165) is 16.5 Å². The minimum atomic E-state index is -1.89. The zero-order valence-electron chi connectivity index (χ0n) is 12.2. The molecule has 2 aromatic rings. The molecule has 0 spiro atoms. The molecule has 0 aliphatic rings. The van der Waals surface area contributed by atoms with Crippen LogP contribution in [0.15, 0.2) is 30.5 Å². The molecule has 7 nitrogen and oxygen atoms in total. The number of carbonyl (C=O) groups excluding carboxylic acids is 1. The topological polar surface area (TPSA) is 128 Å². The van der Waals surface area contributed by atoms with Crippen molar-refractivity contribution in [3.8, 4) is 0 Å². The Morgan fingerprint density at radius 3 is 2.73 bits per heavy atom. The Balaban J connectivity index is 2.34. The Kier molecular flexibility index (Phi) is 4.48. The molecule has 2 atom stereocenters. The largest absolute Gasteiger partial charge is 0.480 e. The van der Waals surface area contributed by atoms with E-state index in [1.165, 1.54) is 7.05 Å². The van der Waals surface area contributed by atoms with Crippen LogP contribution in [0.3, 0.4) is 0 Å². The summed E-state index contributed by atoms with van der Waals surface area (Å²) in [6, 6.07) is 6.13. The third kappa shape index (κ3) is 3.10. The average Bonchev–Trinajstić information content (AvgIpc) is 2.89. The molecule has 0 bridgehead atoms. The number of aromatic amines is 1. The molecule has 0 fully saturated rings. The number of aliphatic hydroxyl groups is 1. The van der Waals surface area contributed by atoms with Gasteiger partial charge >= 0.3 is 5.97 Å². The van der Waals surface area contributed by atoms with Crippen LogP contribution < -0.4 is 11.1 Å². The van der Waals surface area contributed by atoms with Gasteiger partial charge in [-0.05, 0) is 11.6 Å². The number of hydrogen-bond donors (Lipinski definition) is 5. The number of aromatic nitrogens is 1. The van der Waals surface area contributed by atoms with E-state index >= 15 is 0 Å². The number of benzene rings is 1. The quantitative estimate of drug-likeness (QED) is 0.513. The van der Waals surface area contributed by atoms with Gasteiger partial charge in [0.2, 0.25) is 0 Å². The Hall–Kier alpha value is -2.38. The maximum absolute atomic E-state index is 12.0. The lowest BCUT2D eigenvalue weighted by molar-refractivity contribution is -0.145. The third-order valence-electron chi connectivity index (χ3n) is 3.68. The smallest absolute Gasteiger partial charge is 0.320 e. The summed E-state index contributed by atoms with van der Waals surface area (Å²) >= 11 is 0. The molecule has 0 aliphatic carbocycles. The summed E-state index contributed by atoms with van der Waals surface area (Å²) in [4.78, 5) is 26.0. The number of H-pyrrole nitrogens is 1. The fourth-order valence-electron chi connectivity index (χ4n) is 2.52. The molecular weight excluding hydrogens is 286 g/mol. The number of hydrogen-bond acceptors (Lipinski definition) is 4. The highest BCUT2D eigenvalue weighted by Gasteiger charge is 2.39. The lowest BCUT2D eigenvalue weighted by Gasteiger charge is -2.27. The van der Waals surface area contributed by atoms with E-state index in [-0.39, 0.29) is 12.8 Å². The van der Waals surface area contributed by atoms with E-state index in [1.54, 1.807) is 6.20 Å². The first kappa shape index (κ1) is 16.0. The summed E-state index contributed by atoms with van der Waals surface area (Å²) in [7, 11) is 1.38. The predicted molar refractivity (Wildman–Crippen MR) is 81.2 cm³/mol. The minimum absolute atomic E-state index is 0.0301. The SMILES string of the molecule is CNC(=O)C(O)(Cc1c[nH]c2ccccc12)C[C@@H](N)C(=O)O. The molecule has 1 heterocycles. The summed E-state index contributed by atoms with van der Waals surface area (Å²) < 4.78 is 0. The fourth-order valence-corrected chi connectivity index (χ4v) is 2.52. The van der Waals surface area contributed by atoms with Crippen LogP contribution in [0.4, 0.5) is 0 Å². The van der Waals surface area contributed by atoms with Crippen LogP contribution in [0.2, 0.25) is 0 Å². The average molecular weight is 305 g/mol. The van der Waals surface area contributed by atoms with Crippen molar-refractivity contribution in [1.82, 2.24) is 10.3 Å². The van der Waals surface area contributed by atoms with Crippen LogP contribution in [0.5, 0.6) is 0 Å². The van der Waals surface area contributed by atoms with Gasteiger partial charge in [0.05, 0.1) is 0 Å². The van der Waals surface area contributed by atoms with Gasteiger partial charge in [-0.2, -0.15) is 0 Å². The first-order chi connectivity index (χ1) is 10.4. The Labute approximate surface area is 127 Å². The standard InChI is InChI=1S/C15H19N3O4/c1-17-14(21)15(22,7-11(16)13(19)20)6-9-8-18-12-5-3-2-4-10(9)12/h2-5,8,11,18,22H,6-7,16H2,1H3,(H,17,21)(H,19,20)/t11-,15?/m1/s1. The van der Waals surface area contributed by atoms with Crippen LogP contribution in [-0.2, 0) is 16.0 Å². The number of rotatable bonds is 6. The number of carboxylic acids is 1. The van der Waals surface area contributed by atoms with Gasteiger partial charge in [0.25, 0.3) is 5.91 Å². The molecule has 1 aromatic carbocycles. The molecule has 2 rings (SSSR count). The lowest BCUT2D eigenvalue weighted by Crippen LogP contribution is -2.52. The van der Waals surface area contributed by atoms with E-state index < -0.39 is 23.5 Å². The van der Waals surface area contributed by atoms with Gasteiger partial charge in [0.1, 0.15) is 11.6 Å². The van der Waals surface area contributed by atoms with E-state index in [0.29, 0.717) is 0 Å². The van der Waals surface area contributed by atoms with Gasteiger partial charge in [-0.3, -0.25) is 9.59 Å². The third-order valence-corrected chi connectivity index (χ3v) is 3.68. The molecule has 7 heteroatoms. The van der Waals surface area contributed by atoms with Crippen molar-refractivity contribution in [2.45, 2.75) is 24.5 Å². The monoisotopic (exact) mass is 305 g/mol. The number of carbonyl (C=O) groups is 2. The van der Waals surface area contributed by atoms with Gasteiger partial charge in [0, 0.05) is 37.0 Å². The van der Waals surface area contributed by atoms with Crippen LogP contribution in [0.25, 0.3) is 10.9 Å². The first-order valence-corrected chi connectivity index (χ1v) is 6.85. The van der Waals surface area contributed by atoms with Crippen molar-refractivity contribution in [2.24, 2.45) is 5.73 Å². The Morgan fingerprint density at radius 1 is 1.41 bits per heavy atom. The molecule has 1 amide bonds. The van der Waals surface area contributed by atoms with E-state index in [4.69, 9.17) is 10.8 Å². The normalized spacial score (nSPS) is 15.2. The van der Waals surface area contributed by atoms with Crippen molar-refractivity contribution in [3.05, 3.63) is 36.0 Å². The molecule has 22 heavy (non-hydrogen) atoms. The molecule has 1 unspecified atom stereocenters. The number of likely N-dealkylation sites (N-methyl/N-ethyl adjacent to an activating group) is 1. The van der Waals surface area contributed by atoms with Crippen LogP contribution in [-0.4, -0.2) is 45.8 Å². The van der Waals surface area contributed by atoms with Crippen molar-refractivity contribution in [2.75, 3.05) is 7.05 Å². The van der Waals surface area contributed by atoms with E-state index in [9.17, 15) is 14.7 Å². The van der Waals surface area contributed by atoms with E-state index in [1.807, 2.05) is 24.3 Å². The number of fused-ring (bicyclic) bond motifs is 1. The number of para-hydroxylation sites is 1. The maximum atomic E-state index is 12.0. The molecule has 118 valence electrons. The fraction of sp³-hybridized carbons (Fsp3) is 0.333. The molecular formula is C15H19N3O4. The summed E-state index contributed by atoms with van der Waals surface area (Å²) in [6.07, 6.45) is 1.30. The Bertz CT molecular complexity index is 697. The van der Waals surface area contributed by atoms with Crippen molar-refractivity contribution >= 4 is 22.8 Å². The Morgan fingerprint density at radius 2 is 2.09 bits per heavy atom. The van der Waals surface area contributed by atoms with Crippen molar-refractivity contribution in [3.63, 3.8) is 0 Å². The highest BCUT2D eigenvalue weighted by molar-refractivity contribution is 5.88. The molecule has 0 aliphatic heterocycles. The summed E-state index contributed by atoms with van der Waals surface area (Å²) in [5.41, 5.74) is 5.19. The first-order valence-electron chi connectivity index (χ1n) is 6.85. The van der Waals surface area contributed by atoms with Crippen molar-refractivity contribution in [1.29, 1.82) is 0 Å². The number of aliphatic carboxylic acids is 1. The van der Waals surface area contributed by atoms with Gasteiger partial charge in [-0.1, -0.05) is 18.2 Å². The van der Waals surface area contributed by atoms with Crippen LogP contribution >= 0.6 is 0 Å². The van der Waals surface area contributed by atoms with Gasteiger partial charge in [0.15, 0.2) is 0 Å². The number of carboxylic acid groups (broad SMARTS) is 1. The maximum Gasteiger partial charge on any atom is 0.320 e. The number of nitrogens with two attached hydrogens (primary N) is 1. The zero-order chi connectivity index (χ0) is 16.3. The number of amides is 1. The van der Waals surface area contributed by atoms with Gasteiger partial charge in [-0.15, -0.1) is 0 Å². The highest BCUT2D eigenvalue weighted by Crippen LogP contribution is 2.25. The summed E-state index contributed by atoms with van der Waals surface area (Å²) in [6.45, 7) is 0. The molecule has 6 N–H and O–H groups in total. The molecule has 0 saturated carbocycles. The van der Waals surface area contributed by atoms with Crippen LogP contribution in [0.1, 0.15) is 12.0 Å². The number of nitrogens with one attached hydrogen (secondary N) is 2. The lowest BCUT2D eigenvalue weighted by atomic mass is 9.87. The summed E-state index contributed by atoms with van der Waals surface area (Å²) in [5, 5.41) is 22.8. The van der Waals surface area contributed by atoms with Gasteiger partial charge < -0.3 is 26.2 Å². The van der Waals surface area contributed by atoms with Crippen LogP contribution in [0, 0.1) is 0 Å². The minimum Gasteiger partial charge on any atom is -0.480 e. The second kappa shape index (κ2) is 6.17. The second-order valence-corrected chi connectivity index (χ2v) is 5.30. The predicted octanol–water partition coefficient (Wildman–Crippen LogP) is -0.0105. The molecule has 0 radical (unpaired) electrons. The van der Waals surface area contributed by atoms with Crippen molar-refractivity contribution < 1.29 is 19.8 Å². The highest BCUT2D eigenvalue weighted by atomic mass is 16.4. The molecule has 1 aromatic heterocycles. The second-order valence-electron chi connectivity index (χ2n) is 5.30.